The number of pyridine rings is 1. The quantitative estimate of drug-likeness (QED) is 0.257. The predicted octanol–water partition coefficient (Wildman–Crippen LogP) is 3.75. The van der Waals surface area contributed by atoms with Crippen LogP contribution in [-0.4, -0.2) is 36.7 Å². The van der Waals surface area contributed by atoms with E-state index in [1.165, 1.54) is 18.3 Å². The number of hydrogen-bond donors (Lipinski definition) is 0. The van der Waals surface area contributed by atoms with Gasteiger partial charge in [0.05, 0.1) is 22.9 Å². The second kappa shape index (κ2) is 8.20. The molecule has 0 aliphatic carbocycles. The summed E-state index contributed by atoms with van der Waals surface area (Å²) < 4.78 is 72.7. The van der Waals surface area contributed by atoms with Gasteiger partial charge in [0.15, 0.2) is 11.2 Å². The number of aromatic nitrogens is 1. The summed E-state index contributed by atoms with van der Waals surface area (Å²) in [5, 5.41) is 1.32. The highest BCUT2D eigenvalue weighted by molar-refractivity contribution is 7.88. The van der Waals surface area contributed by atoms with Gasteiger partial charge < -0.3 is 8.92 Å². The number of benzene rings is 1. The van der Waals surface area contributed by atoms with Gasteiger partial charge in [0.2, 0.25) is 0 Å². The van der Waals surface area contributed by atoms with Crippen molar-refractivity contribution in [2.24, 2.45) is 0 Å². The molecule has 0 radical (unpaired) electrons. The Hall–Kier alpha value is -3.17. The first kappa shape index (κ1) is 24.9. The molecule has 2 aliphatic heterocycles. The number of carbonyl (C=O) groups excluding carboxylic acids is 1. The van der Waals surface area contributed by atoms with E-state index >= 15 is 0 Å². The predicted molar refractivity (Wildman–Crippen MR) is 120 cm³/mol. The number of fused-ring (bicyclic) bond motifs is 6. The molecule has 0 amide bonds. The van der Waals surface area contributed by atoms with Crippen LogP contribution >= 0.6 is 11.6 Å². The van der Waals surface area contributed by atoms with Gasteiger partial charge in [-0.15, -0.1) is 0 Å². The Balaban J connectivity index is 1.98. The minimum Gasteiger partial charge on any atom is -0.462 e. The number of ether oxygens (including phenoxy) is 1. The van der Waals surface area contributed by atoms with Crippen molar-refractivity contribution >= 4 is 27.7 Å². The van der Waals surface area contributed by atoms with Crippen molar-refractivity contribution in [3.8, 4) is 28.8 Å². The van der Waals surface area contributed by atoms with Crippen molar-refractivity contribution in [3.05, 3.63) is 50.8 Å². The maximum Gasteiger partial charge on any atom is 0.534 e. The number of rotatable bonds is 4. The molecule has 1 atom stereocenters. The summed E-state index contributed by atoms with van der Waals surface area (Å²) in [5.41, 5.74) is -6.31. The lowest BCUT2D eigenvalue weighted by molar-refractivity contribution is -0.0500. The average Bonchev–Trinajstić information content (AvgIpc) is 2.73. The fourth-order valence-electron chi connectivity index (χ4n) is 3.99. The molecule has 2 aliphatic rings. The van der Waals surface area contributed by atoms with Gasteiger partial charge in [0.25, 0.3) is 0 Å². The molecule has 0 spiro atoms. The monoisotopic (exact) mass is 530 g/mol. The molecule has 0 saturated heterocycles. The molecule has 0 fully saturated rings. The first-order chi connectivity index (χ1) is 16.2. The molecule has 3 heterocycles. The zero-order valence-corrected chi connectivity index (χ0v) is 20.1. The average molecular weight is 531 g/mol. The Bertz CT molecular complexity index is 1470. The first-order valence-corrected chi connectivity index (χ1v) is 12.0. The van der Waals surface area contributed by atoms with E-state index in [4.69, 9.17) is 16.3 Å². The van der Waals surface area contributed by atoms with Gasteiger partial charge in [0.1, 0.15) is 11.6 Å². The second-order valence-corrected chi connectivity index (χ2v) is 10.4. The SMILES string of the molecule is CCOC(=O)c1cn2c(cc1=O)-c1cc(Cl)c(OS(=O)(=O)C(F)(F)F)cc1[C@H]1C#CCC(C)(C)N12. The molecule has 1 aromatic heterocycles. The lowest BCUT2D eigenvalue weighted by Crippen LogP contribution is -2.56. The van der Waals surface area contributed by atoms with Gasteiger partial charge in [-0.2, -0.15) is 21.6 Å². The normalized spacial score (nSPS) is 17.9. The molecule has 35 heavy (non-hydrogen) atoms. The second-order valence-electron chi connectivity index (χ2n) is 8.41. The van der Waals surface area contributed by atoms with Gasteiger partial charge in [-0.05, 0) is 32.9 Å². The molecule has 2 aromatic rings. The number of esters is 1. The summed E-state index contributed by atoms with van der Waals surface area (Å²) in [6.07, 6.45) is 1.71. The van der Waals surface area contributed by atoms with Crippen LogP contribution < -0.4 is 14.6 Å². The molecular formula is C22H18ClF3N2O6S. The van der Waals surface area contributed by atoms with Gasteiger partial charge in [0, 0.05) is 29.8 Å². The minimum absolute atomic E-state index is 0.0609. The Morgan fingerprint density at radius 1 is 1.29 bits per heavy atom. The van der Waals surface area contributed by atoms with Crippen molar-refractivity contribution in [2.45, 2.75) is 44.3 Å². The van der Waals surface area contributed by atoms with Crippen LogP contribution in [0.5, 0.6) is 5.75 Å². The summed E-state index contributed by atoms with van der Waals surface area (Å²) in [5.74, 6) is 4.44. The molecule has 186 valence electrons. The highest BCUT2D eigenvalue weighted by atomic mass is 35.5. The molecule has 0 saturated carbocycles. The van der Waals surface area contributed by atoms with Crippen LogP contribution in [0.1, 0.15) is 49.2 Å². The number of halogens is 4. The molecule has 0 bridgehead atoms. The van der Waals surface area contributed by atoms with Crippen LogP contribution in [0.25, 0.3) is 11.3 Å². The van der Waals surface area contributed by atoms with E-state index in [9.17, 15) is 31.2 Å². The van der Waals surface area contributed by atoms with Crippen LogP contribution in [0, 0.1) is 11.8 Å². The van der Waals surface area contributed by atoms with E-state index in [2.05, 4.69) is 16.0 Å². The van der Waals surface area contributed by atoms with E-state index in [-0.39, 0.29) is 23.4 Å². The fraction of sp³-hybridized carbons (Fsp3) is 0.364. The summed E-state index contributed by atoms with van der Waals surface area (Å²) >= 11 is 6.11. The van der Waals surface area contributed by atoms with Crippen LogP contribution in [0.15, 0.2) is 29.2 Å². The largest absolute Gasteiger partial charge is 0.534 e. The number of hydrogen-bond acceptors (Lipinski definition) is 7. The zero-order valence-electron chi connectivity index (χ0n) is 18.6. The molecular weight excluding hydrogens is 513 g/mol. The summed E-state index contributed by atoms with van der Waals surface area (Å²) in [4.78, 5) is 25.1. The van der Waals surface area contributed by atoms with Crippen LogP contribution in [-0.2, 0) is 14.9 Å². The van der Waals surface area contributed by atoms with Crippen molar-refractivity contribution in [2.75, 3.05) is 11.6 Å². The molecule has 0 N–H and O–H groups in total. The van der Waals surface area contributed by atoms with E-state index < -0.39 is 49.4 Å². The molecule has 13 heteroatoms. The summed E-state index contributed by atoms with van der Waals surface area (Å²) in [7, 11) is -5.98. The standard InChI is InChI=1S/C22H18ClF3N2O6S/c1-4-33-20(30)14-11-27-17(10-18(14)29)12-8-15(23)19(34-35(31,32)22(24,25)26)9-13(12)16-6-5-7-21(2,3)28(16)27/h8-11,16H,4,7H2,1-3H3/t16-/m1/s1. The van der Waals surface area contributed by atoms with Gasteiger partial charge in [-0.1, -0.05) is 23.4 Å². The summed E-state index contributed by atoms with van der Waals surface area (Å²) in [6.45, 7) is 5.37. The zero-order chi connectivity index (χ0) is 25.9. The molecule has 8 nitrogen and oxygen atoms in total. The van der Waals surface area contributed by atoms with Crippen molar-refractivity contribution in [1.29, 1.82) is 0 Å². The van der Waals surface area contributed by atoms with Gasteiger partial charge >= 0.3 is 21.6 Å². The molecule has 1 aromatic carbocycles. The van der Waals surface area contributed by atoms with Gasteiger partial charge in [-0.3, -0.25) is 14.5 Å². The maximum atomic E-state index is 12.9. The van der Waals surface area contributed by atoms with Crippen molar-refractivity contribution in [3.63, 3.8) is 0 Å². The first-order valence-electron chi connectivity index (χ1n) is 10.2. The minimum atomic E-state index is -5.98. The topological polar surface area (TPSA) is 94.9 Å². The Kier molecular flexibility index (Phi) is 5.84. The Morgan fingerprint density at radius 2 is 1.97 bits per heavy atom. The van der Waals surface area contributed by atoms with Crippen LogP contribution in [0.2, 0.25) is 5.02 Å². The van der Waals surface area contributed by atoms with Crippen LogP contribution in [0.3, 0.4) is 0 Å². The smallest absolute Gasteiger partial charge is 0.462 e. The molecule has 0 unspecified atom stereocenters. The van der Waals surface area contributed by atoms with Gasteiger partial charge in [-0.25, -0.2) is 4.79 Å². The fourth-order valence-corrected chi connectivity index (χ4v) is 4.71. The van der Waals surface area contributed by atoms with E-state index in [0.29, 0.717) is 12.0 Å². The maximum absolute atomic E-state index is 12.9. The van der Waals surface area contributed by atoms with E-state index in [1.807, 2.05) is 13.8 Å². The third-order valence-electron chi connectivity index (χ3n) is 5.54. The number of alkyl halides is 3. The van der Waals surface area contributed by atoms with Crippen molar-refractivity contribution < 1.29 is 35.3 Å². The summed E-state index contributed by atoms with van der Waals surface area (Å²) in [6, 6.07) is 2.67. The number of carbonyl (C=O) groups is 1. The lowest BCUT2D eigenvalue weighted by atomic mass is 9.87. The van der Waals surface area contributed by atoms with Crippen molar-refractivity contribution in [1.82, 2.24) is 4.68 Å². The highest BCUT2D eigenvalue weighted by Crippen LogP contribution is 2.45. The lowest BCUT2D eigenvalue weighted by Gasteiger charge is -2.49. The van der Waals surface area contributed by atoms with Crippen LogP contribution in [0.4, 0.5) is 13.2 Å². The third kappa shape index (κ3) is 4.12. The Labute approximate surface area is 203 Å². The Morgan fingerprint density at radius 3 is 2.60 bits per heavy atom. The number of nitrogens with zero attached hydrogens (tertiary/aromatic N) is 2. The van der Waals surface area contributed by atoms with E-state index in [1.54, 1.807) is 16.6 Å². The third-order valence-corrected chi connectivity index (χ3v) is 6.80. The van der Waals surface area contributed by atoms with E-state index in [0.717, 1.165) is 6.07 Å². The highest BCUT2D eigenvalue weighted by Gasteiger charge is 2.49. The molecule has 4 rings (SSSR count).